The molecule has 0 atom stereocenters. The van der Waals surface area contributed by atoms with Gasteiger partial charge in [-0.2, -0.15) is 0 Å². The minimum Gasteiger partial charge on any atom is -0.341 e. The second-order valence-electron chi connectivity index (χ2n) is 4.31. The highest BCUT2D eigenvalue weighted by atomic mass is 19.1. The number of anilines is 1. The van der Waals surface area contributed by atoms with E-state index in [0.29, 0.717) is 0 Å². The molecule has 3 rings (SSSR count). The van der Waals surface area contributed by atoms with E-state index in [1.807, 2.05) is 0 Å². The molecule has 17 heavy (non-hydrogen) atoms. The summed E-state index contributed by atoms with van der Waals surface area (Å²) in [7, 11) is 0. The predicted octanol–water partition coefficient (Wildman–Crippen LogP) is 1.50. The van der Waals surface area contributed by atoms with Crippen LogP contribution in [0, 0.1) is 5.82 Å². The largest absolute Gasteiger partial charge is 0.341 e. The highest BCUT2D eigenvalue weighted by Crippen LogP contribution is 2.18. The highest BCUT2D eigenvalue weighted by molar-refractivity contribution is 5.77. The maximum Gasteiger partial charge on any atom is 0.203 e. The van der Waals surface area contributed by atoms with E-state index in [2.05, 4.69) is 20.2 Å². The summed E-state index contributed by atoms with van der Waals surface area (Å²) in [5, 5.41) is 3.35. The zero-order chi connectivity index (χ0) is 11.7. The molecule has 0 radical (unpaired) electrons. The fraction of sp³-hybridized carbons (Fsp3) is 0.417. The average Bonchev–Trinajstić information content (AvgIpc) is 2.57. The smallest absolute Gasteiger partial charge is 0.203 e. The maximum absolute atomic E-state index is 13.1. The van der Waals surface area contributed by atoms with Crippen LogP contribution in [-0.4, -0.2) is 36.1 Å². The normalized spacial score (nSPS) is 17.4. The Hall–Kier alpha value is -1.62. The van der Waals surface area contributed by atoms with Gasteiger partial charge in [-0.05, 0) is 31.2 Å². The molecule has 0 aliphatic carbocycles. The zero-order valence-electron chi connectivity index (χ0n) is 9.54. The third-order valence-corrected chi connectivity index (χ3v) is 3.07. The summed E-state index contributed by atoms with van der Waals surface area (Å²) < 4.78 is 13.1. The molecule has 0 spiro atoms. The molecule has 90 valence electrons. The van der Waals surface area contributed by atoms with Crippen LogP contribution in [0.3, 0.4) is 0 Å². The molecule has 4 nitrogen and oxygen atoms in total. The van der Waals surface area contributed by atoms with E-state index < -0.39 is 0 Å². The molecule has 1 fully saturated rings. The van der Waals surface area contributed by atoms with Crippen molar-refractivity contribution in [3.05, 3.63) is 24.0 Å². The van der Waals surface area contributed by atoms with Crippen molar-refractivity contribution >= 4 is 17.0 Å². The molecule has 2 N–H and O–H groups in total. The minimum absolute atomic E-state index is 0.231. The second kappa shape index (κ2) is 4.33. The predicted molar refractivity (Wildman–Crippen MR) is 65.8 cm³/mol. The molecule has 1 aliphatic rings. The van der Waals surface area contributed by atoms with Crippen molar-refractivity contribution in [2.24, 2.45) is 0 Å². The van der Waals surface area contributed by atoms with Crippen molar-refractivity contribution in [1.82, 2.24) is 15.3 Å². The zero-order valence-corrected chi connectivity index (χ0v) is 9.54. The van der Waals surface area contributed by atoms with Gasteiger partial charge in [-0.25, -0.2) is 9.37 Å². The van der Waals surface area contributed by atoms with E-state index in [1.165, 1.54) is 12.1 Å². The molecule has 0 unspecified atom stereocenters. The number of nitrogens with zero attached hydrogens (tertiary/aromatic N) is 2. The van der Waals surface area contributed by atoms with Crippen LogP contribution < -0.4 is 10.2 Å². The molecule has 0 amide bonds. The highest BCUT2D eigenvalue weighted by Gasteiger charge is 2.13. The quantitative estimate of drug-likeness (QED) is 0.786. The SMILES string of the molecule is Fc1ccc2nc(N3CCCNCC3)[nH]c2c1. The first-order valence-corrected chi connectivity index (χ1v) is 5.94. The molecule has 1 aromatic carbocycles. The Morgan fingerprint density at radius 3 is 3.12 bits per heavy atom. The van der Waals surface area contributed by atoms with E-state index in [1.54, 1.807) is 6.07 Å². The molecule has 0 bridgehead atoms. The summed E-state index contributed by atoms with van der Waals surface area (Å²) in [6.07, 6.45) is 1.10. The number of imidazole rings is 1. The Balaban J connectivity index is 1.93. The lowest BCUT2D eigenvalue weighted by Gasteiger charge is -2.18. The van der Waals surface area contributed by atoms with Gasteiger partial charge in [-0.3, -0.25) is 0 Å². The van der Waals surface area contributed by atoms with Crippen LogP contribution >= 0.6 is 0 Å². The summed E-state index contributed by atoms with van der Waals surface area (Å²) in [6.45, 7) is 3.92. The number of aromatic nitrogens is 2. The molecule has 1 aliphatic heterocycles. The van der Waals surface area contributed by atoms with E-state index in [4.69, 9.17) is 0 Å². The molecule has 0 saturated carbocycles. The number of nitrogens with one attached hydrogen (secondary N) is 2. The van der Waals surface area contributed by atoms with Crippen LogP contribution in [0.25, 0.3) is 11.0 Å². The molecule has 2 heterocycles. The summed E-state index contributed by atoms with van der Waals surface area (Å²) >= 11 is 0. The van der Waals surface area contributed by atoms with Gasteiger partial charge in [0.15, 0.2) is 0 Å². The van der Waals surface area contributed by atoms with Gasteiger partial charge in [-0.15, -0.1) is 0 Å². The average molecular weight is 234 g/mol. The number of rotatable bonds is 1. The summed E-state index contributed by atoms with van der Waals surface area (Å²) in [5.74, 6) is 0.611. The fourth-order valence-electron chi connectivity index (χ4n) is 2.18. The monoisotopic (exact) mass is 234 g/mol. The first-order chi connectivity index (χ1) is 8.33. The van der Waals surface area contributed by atoms with Crippen molar-refractivity contribution in [2.75, 3.05) is 31.1 Å². The number of benzene rings is 1. The Morgan fingerprint density at radius 2 is 2.18 bits per heavy atom. The lowest BCUT2D eigenvalue weighted by atomic mass is 10.3. The van der Waals surface area contributed by atoms with Crippen molar-refractivity contribution in [3.8, 4) is 0 Å². The van der Waals surface area contributed by atoms with E-state index in [0.717, 1.165) is 49.6 Å². The van der Waals surface area contributed by atoms with Gasteiger partial charge in [-0.1, -0.05) is 0 Å². The van der Waals surface area contributed by atoms with E-state index in [-0.39, 0.29) is 5.82 Å². The number of fused-ring (bicyclic) bond motifs is 1. The van der Waals surface area contributed by atoms with Gasteiger partial charge < -0.3 is 15.2 Å². The third kappa shape index (κ3) is 2.10. The van der Waals surface area contributed by atoms with Crippen molar-refractivity contribution in [1.29, 1.82) is 0 Å². The lowest BCUT2D eigenvalue weighted by Crippen LogP contribution is -2.28. The molecule has 1 aromatic heterocycles. The minimum atomic E-state index is -0.231. The molecule has 1 saturated heterocycles. The van der Waals surface area contributed by atoms with Crippen molar-refractivity contribution in [2.45, 2.75) is 6.42 Å². The van der Waals surface area contributed by atoms with Crippen LogP contribution in [-0.2, 0) is 0 Å². The van der Waals surface area contributed by atoms with E-state index >= 15 is 0 Å². The van der Waals surface area contributed by atoms with Crippen LogP contribution in [0.5, 0.6) is 0 Å². The first-order valence-electron chi connectivity index (χ1n) is 5.94. The van der Waals surface area contributed by atoms with Gasteiger partial charge in [0.2, 0.25) is 5.95 Å². The number of aromatic amines is 1. The Bertz CT molecular complexity index is 514. The molecule has 2 aromatic rings. The van der Waals surface area contributed by atoms with Crippen LogP contribution in [0.4, 0.5) is 10.3 Å². The number of halogens is 1. The van der Waals surface area contributed by atoms with Gasteiger partial charge in [0, 0.05) is 19.6 Å². The first kappa shape index (κ1) is 10.5. The third-order valence-electron chi connectivity index (χ3n) is 3.07. The van der Waals surface area contributed by atoms with Crippen LogP contribution in [0.1, 0.15) is 6.42 Å². The van der Waals surface area contributed by atoms with E-state index in [9.17, 15) is 4.39 Å². The summed E-state index contributed by atoms with van der Waals surface area (Å²) in [5.41, 5.74) is 1.58. The number of hydrogen-bond donors (Lipinski definition) is 2. The topological polar surface area (TPSA) is 44.0 Å². The van der Waals surface area contributed by atoms with Gasteiger partial charge in [0.1, 0.15) is 5.82 Å². The van der Waals surface area contributed by atoms with Crippen molar-refractivity contribution in [3.63, 3.8) is 0 Å². The fourth-order valence-corrected chi connectivity index (χ4v) is 2.18. The lowest BCUT2D eigenvalue weighted by molar-refractivity contribution is 0.629. The standard InChI is InChI=1S/C12H15FN4/c13-9-2-3-10-11(8-9)16-12(15-10)17-6-1-4-14-5-7-17/h2-3,8,14H,1,4-7H2,(H,15,16). The van der Waals surface area contributed by atoms with Gasteiger partial charge >= 0.3 is 0 Å². The second-order valence-corrected chi connectivity index (χ2v) is 4.31. The molecular formula is C12H15FN4. The Morgan fingerprint density at radius 1 is 1.24 bits per heavy atom. The Kier molecular flexibility index (Phi) is 2.68. The maximum atomic E-state index is 13.1. The number of hydrogen-bond acceptors (Lipinski definition) is 3. The van der Waals surface area contributed by atoms with Gasteiger partial charge in [0.25, 0.3) is 0 Å². The van der Waals surface area contributed by atoms with Crippen molar-refractivity contribution < 1.29 is 4.39 Å². The number of H-pyrrole nitrogens is 1. The van der Waals surface area contributed by atoms with Gasteiger partial charge in [0.05, 0.1) is 11.0 Å². The Labute approximate surface area is 98.8 Å². The molecular weight excluding hydrogens is 219 g/mol. The summed E-state index contributed by atoms with van der Waals surface area (Å²) in [6, 6.07) is 4.64. The summed E-state index contributed by atoms with van der Waals surface area (Å²) in [4.78, 5) is 9.88. The molecule has 5 heteroatoms. The van der Waals surface area contributed by atoms with Crippen LogP contribution in [0.15, 0.2) is 18.2 Å². The van der Waals surface area contributed by atoms with Crippen LogP contribution in [0.2, 0.25) is 0 Å².